The van der Waals surface area contributed by atoms with Crippen molar-refractivity contribution in [3.63, 3.8) is 0 Å². The van der Waals surface area contributed by atoms with E-state index < -0.39 is 16.8 Å². The van der Waals surface area contributed by atoms with Gasteiger partial charge >= 0.3 is 5.97 Å². The molecule has 0 N–H and O–H groups in total. The molecule has 0 amide bonds. The average Bonchev–Trinajstić information content (AvgIpc) is 2.46. The van der Waals surface area contributed by atoms with Crippen molar-refractivity contribution in [2.45, 2.75) is 5.16 Å². The van der Waals surface area contributed by atoms with Crippen LogP contribution < -0.4 is 0 Å². The van der Waals surface area contributed by atoms with Crippen LogP contribution in [0.15, 0.2) is 35.6 Å². The van der Waals surface area contributed by atoms with E-state index in [1.165, 1.54) is 19.6 Å². The van der Waals surface area contributed by atoms with E-state index in [-0.39, 0.29) is 5.16 Å². The van der Waals surface area contributed by atoms with Crippen molar-refractivity contribution in [2.24, 2.45) is 0 Å². The first-order valence-corrected chi connectivity index (χ1v) is 6.89. The summed E-state index contributed by atoms with van der Waals surface area (Å²) in [6.07, 6.45) is 2.98. The van der Waals surface area contributed by atoms with Crippen LogP contribution in [0.4, 0.5) is 0 Å². The van der Waals surface area contributed by atoms with Crippen molar-refractivity contribution in [2.75, 3.05) is 13.4 Å². The van der Waals surface area contributed by atoms with Crippen molar-refractivity contribution >= 4 is 16.8 Å². The van der Waals surface area contributed by atoms with E-state index >= 15 is 0 Å². The van der Waals surface area contributed by atoms with Gasteiger partial charge in [-0.15, -0.1) is 10.2 Å². The van der Waals surface area contributed by atoms with Crippen molar-refractivity contribution in [3.05, 3.63) is 36.0 Å². The van der Waals surface area contributed by atoms with E-state index in [1.54, 1.807) is 24.3 Å². The lowest BCUT2D eigenvalue weighted by molar-refractivity contribution is 0.0601. The molecule has 0 fully saturated rings. The molecule has 0 spiro atoms. The summed E-state index contributed by atoms with van der Waals surface area (Å²) in [6.45, 7) is 0. The molecular formula is C12H11N3O3S. The van der Waals surface area contributed by atoms with E-state index in [1.807, 2.05) is 0 Å². The highest BCUT2D eigenvalue weighted by Gasteiger charge is 2.07. The number of methoxy groups -OCH3 is 1. The molecule has 0 radical (unpaired) electrons. The van der Waals surface area contributed by atoms with Crippen LogP contribution in [0.2, 0.25) is 0 Å². The Balaban J connectivity index is 2.27. The number of carbonyl (C=O) groups excluding carboxylic acids is 1. The number of hydrogen-bond acceptors (Lipinski definition) is 6. The lowest BCUT2D eigenvalue weighted by atomic mass is 10.1. The Bertz CT molecular complexity index is 611. The Morgan fingerprint density at radius 3 is 2.37 bits per heavy atom. The molecule has 1 aromatic heterocycles. The van der Waals surface area contributed by atoms with Gasteiger partial charge in [0.25, 0.3) is 0 Å². The van der Waals surface area contributed by atoms with Gasteiger partial charge in [-0.2, -0.15) is 0 Å². The van der Waals surface area contributed by atoms with Gasteiger partial charge in [0.2, 0.25) is 5.16 Å². The highest BCUT2D eigenvalue weighted by molar-refractivity contribution is 7.84. The molecule has 0 saturated carbocycles. The molecule has 0 saturated heterocycles. The highest BCUT2D eigenvalue weighted by atomic mass is 32.2. The third-order valence-corrected chi connectivity index (χ3v) is 3.10. The smallest absolute Gasteiger partial charge is 0.337 e. The molecule has 2 aromatic rings. The summed E-state index contributed by atoms with van der Waals surface area (Å²) in [4.78, 5) is 15.2. The minimum atomic E-state index is -1.25. The number of carbonyl (C=O) groups is 1. The summed E-state index contributed by atoms with van der Waals surface area (Å²) in [5.74, 6) is -0.396. The number of benzene rings is 1. The van der Waals surface area contributed by atoms with Gasteiger partial charge in [0.15, 0.2) is 0 Å². The van der Waals surface area contributed by atoms with E-state index in [0.717, 1.165) is 5.56 Å². The fourth-order valence-corrected chi connectivity index (χ4v) is 1.78. The molecule has 7 heteroatoms. The van der Waals surface area contributed by atoms with Crippen molar-refractivity contribution in [1.29, 1.82) is 0 Å². The molecule has 6 nitrogen and oxygen atoms in total. The molecule has 1 aromatic carbocycles. The first-order valence-electron chi connectivity index (χ1n) is 5.33. The van der Waals surface area contributed by atoms with Gasteiger partial charge in [-0.3, -0.25) is 4.21 Å². The lowest BCUT2D eigenvalue weighted by Crippen LogP contribution is -2.01. The number of aromatic nitrogens is 3. The number of rotatable bonds is 3. The second-order valence-corrected chi connectivity index (χ2v) is 4.92. The second kappa shape index (κ2) is 5.66. The van der Waals surface area contributed by atoms with Gasteiger partial charge in [-0.1, -0.05) is 12.1 Å². The quantitative estimate of drug-likeness (QED) is 0.780. The van der Waals surface area contributed by atoms with E-state index in [2.05, 4.69) is 19.9 Å². The number of ether oxygens (including phenoxy) is 1. The number of hydrogen-bond donors (Lipinski definition) is 0. The summed E-state index contributed by atoms with van der Waals surface area (Å²) in [5, 5.41) is 7.91. The van der Waals surface area contributed by atoms with Crippen LogP contribution in [0.3, 0.4) is 0 Å². The second-order valence-electron chi connectivity index (χ2n) is 3.65. The van der Waals surface area contributed by atoms with Gasteiger partial charge in [0, 0.05) is 11.8 Å². The summed E-state index contributed by atoms with van der Waals surface area (Å²) < 4.78 is 15.8. The van der Waals surface area contributed by atoms with Crippen LogP contribution in [-0.4, -0.2) is 38.7 Å². The van der Waals surface area contributed by atoms with Gasteiger partial charge in [-0.05, 0) is 12.1 Å². The van der Waals surface area contributed by atoms with Crippen LogP contribution in [0.5, 0.6) is 0 Å². The zero-order valence-corrected chi connectivity index (χ0v) is 11.2. The third kappa shape index (κ3) is 3.00. The molecular weight excluding hydrogens is 266 g/mol. The highest BCUT2D eigenvalue weighted by Crippen LogP contribution is 2.16. The van der Waals surface area contributed by atoms with Crippen LogP contribution in [-0.2, 0) is 15.5 Å². The summed E-state index contributed by atoms with van der Waals surface area (Å²) in [6, 6.07) is 6.71. The first-order chi connectivity index (χ1) is 9.11. The Kier molecular flexibility index (Phi) is 3.96. The molecule has 98 valence electrons. The topological polar surface area (TPSA) is 82.0 Å². The van der Waals surface area contributed by atoms with Crippen LogP contribution in [0.1, 0.15) is 10.4 Å². The molecule has 1 unspecified atom stereocenters. The average molecular weight is 277 g/mol. The van der Waals surface area contributed by atoms with Crippen molar-refractivity contribution < 1.29 is 13.7 Å². The molecule has 19 heavy (non-hydrogen) atoms. The van der Waals surface area contributed by atoms with Crippen molar-refractivity contribution in [3.8, 4) is 11.3 Å². The van der Waals surface area contributed by atoms with Gasteiger partial charge in [0.05, 0.1) is 29.7 Å². The summed E-state index contributed by atoms with van der Waals surface area (Å²) in [7, 11) is 0.0780. The Labute approximate surface area is 112 Å². The maximum atomic E-state index is 11.3. The predicted octanol–water partition coefficient (Wildman–Crippen LogP) is 1.06. The number of esters is 1. The molecule has 0 aliphatic heterocycles. The number of nitrogens with zero attached hydrogens (tertiary/aromatic N) is 3. The Morgan fingerprint density at radius 1 is 1.21 bits per heavy atom. The first kappa shape index (κ1) is 13.3. The van der Waals surface area contributed by atoms with Crippen LogP contribution in [0.25, 0.3) is 11.3 Å². The SMILES string of the molecule is COC(=O)c1ccc(-c2cnc(S(C)=O)nn2)cc1. The Hall–Kier alpha value is -2.15. The van der Waals surface area contributed by atoms with E-state index in [9.17, 15) is 9.00 Å². The van der Waals surface area contributed by atoms with Gasteiger partial charge < -0.3 is 4.74 Å². The Morgan fingerprint density at radius 2 is 1.89 bits per heavy atom. The normalized spacial score (nSPS) is 11.9. The molecule has 0 aliphatic carbocycles. The zero-order chi connectivity index (χ0) is 13.8. The molecule has 0 bridgehead atoms. The fourth-order valence-electron chi connectivity index (χ4n) is 1.42. The van der Waals surface area contributed by atoms with Gasteiger partial charge in [-0.25, -0.2) is 9.78 Å². The molecule has 1 atom stereocenters. The molecule has 0 aliphatic rings. The minimum absolute atomic E-state index is 0.190. The van der Waals surface area contributed by atoms with Crippen LogP contribution in [0, 0.1) is 0 Å². The van der Waals surface area contributed by atoms with Gasteiger partial charge in [0.1, 0.15) is 5.69 Å². The minimum Gasteiger partial charge on any atom is -0.465 e. The standard InChI is InChI=1S/C12H11N3O3S/c1-18-11(16)9-5-3-8(4-6-9)10-7-13-12(15-14-10)19(2)17/h3-7H,1-2H3. The van der Waals surface area contributed by atoms with E-state index in [4.69, 9.17) is 0 Å². The third-order valence-electron chi connectivity index (χ3n) is 2.40. The lowest BCUT2D eigenvalue weighted by Gasteiger charge is -2.02. The van der Waals surface area contributed by atoms with Crippen LogP contribution >= 0.6 is 0 Å². The maximum absolute atomic E-state index is 11.3. The summed E-state index contributed by atoms with van der Waals surface area (Å²) in [5.41, 5.74) is 1.77. The zero-order valence-electron chi connectivity index (χ0n) is 10.4. The fraction of sp³-hybridized carbons (Fsp3) is 0.167. The molecule has 1 heterocycles. The monoisotopic (exact) mass is 277 g/mol. The predicted molar refractivity (Wildman–Crippen MR) is 68.9 cm³/mol. The maximum Gasteiger partial charge on any atom is 0.337 e. The summed E-state index contributed by atoms with van der Waals surface area (Å²) >= 11 is 0. The largest absolute Gasteiger partial charge is 0.465 e. The molecule has 2 rings (SSSR count). The van der Waals surface area contributed by atoms with E-state index in [0.29, 0.717) is 11.3 Å². The van der Waals surface area contributed by atoms with Crippen molar-refractivity contribution in [1.82, 2.24) is 15.2 Å².